The molecule has 0 bridgehead atoms. The van der Waals surface area contributed by atoms with Crippen LogP contribution in [0, 0.1) is 5.41 Å². The molecule has 2 aliphatic heterocycles. The highest BCUT2D eigenvalue weighted by Gasteiger charge is 2.54. The molecule has 2 fully saturated rings. The summed E-state index contributed by atoms with van der Waals surface area (Å²) in [5.41, 5.74) is 0.300. The largest absolute Gasteiger partial charge is 0.381 e. The second kappa shape index (κ2) is 2.74. The molecule has 2 saturated heterocycles. The number of ether oxygens (including phenoxy) is 2. The predicted molar refractivity (Wildman–Crippen MR) is 50.0 cm³/mol. The molecule has 4 atom stereocenters. The van der Waals surface area contributed by atoms with E-state index in [0.717, 1.165) is 13.0 Å². The maximum atomic E-state index is 5.86. The molecule has 0 spiro atoms. The molecule has 12 heavy (non-hydrogen) atoms. The van der Waals surface area contributed by atoms with Crippen LogP contribution < -0.4 is 0 Å². The zero-order chi connectivity index (χ0) is 8.77. The van der Waals surface area contributed by atoms with Crippen LogP contribution in [0.4, 0.5) is 0 Å². The Bertz CT molecular complexity index is 185. The lowest BCUT2D eigenvalue weighted by Gasteiger charge is -2.26. The van der Waals surface area contributed by atoms with Gasteiger partial charge in [-0.3, -0.25) is 0 Å². The third kappa shape index (κ3) is 0.959. The molecule has 2 nitrogen and oxygen atoms in total. The Kier molecular flexibility index (Phi) is 1.96. The van der Waals surface area contributed by atoms with Crippen molar-refractivity contribution in [1.82, 2.24) is 0 Å². The van der Waals surface area contributed by atoms with Gasteiger partial charge in [0.2, 0.25) is 0 Å². The van der Waals surface area contributed by atoms with Crippen LogP contribution in [0.15, 0.2) is 0 Å². The summed E-state index contributed by atoms with van der Waals surface area (Å²) in [5, 5.41) is 0. The van der Waals surface area contributed by atoms with Gasteiger partial charge in [0.15, 0.2) is 0 Å². The quantitative estimate of drug-likeness (QED) is 0.532. The summed E-state index contributed by atoms with van der Waals surface area (Å²) in [7, 11) is 2.13. The van der Waals surface area contributed by atoms with Gasteiger partial charge in [0.25, 0.3) is 0 Å². The Labute approximate surface area is 75.0 Å². The third-order valence-electron chi connectivity index (χ3n) is 3.50. The number of hydrogen-bond acceptors (Lipinski definition) is 2. The molecule has 68 valence electrons. The second-order valence-electron chi connectivity index (χ2n) is 4.29. The van der Waals surface area contributed by atoms with Crippen LogP contribution in [-0.4, -0.2) is 32.7 Å². The Hall–Kier alpha value is -0.0151. The van der Waals surface area contributed by atoms with E-state index in [1.807, 2.05) is 0 Å². The lowest BCUT2D eigenvalue weighted by molar-refractivity contribution is 0.0215. The normalized spacial score (nSPS) is 52.7. The van der Waals surface area contributed by atoms with Crippen molar-refractivity contribution in [3.63, 3.8) is 0 Å². The molecule has 0 amide bonds. The summed E-state index contributed by atoms with van der Waals surface area (Å²) in [6.45, 7) is 5.43. The van der Waals surface area contributed by atoms with E-state index < -0.39 is 0 Å². The van der Waals surface area contributed by atoms with E-state index in [-0.39, 0.29) is 0 Å². The van der Waals surface area contributed by atoms with Crippen molar-refractivity contribution in [3.05, 3.63) is 0 Å². The molecule has 2 aliphatic rings. The van der Waals surface area contributed by atoms with Crippen molar-refractivity contribution >= 4 is 7.85 Å². The molecule has 0 N–H and O–H groups in total. The van der Waals surface area contributed by atoms with E-state index in [9.17, 15) is 0 Å². The molecule has 2 heterocycles. The summed E-state index contributed by atoms with van der Waals surface area (Å²) in [6, 6.07) is 0.294. The number of hydrogen-bond donors (Lipinski definition) is 0. The van der Waals surface area contributed by atoms with E-state index in [1.165, 1.54) is 6.42 Å². The van der Waals surface area contributed by atoms with Crippen LogP contribution >= 0.6 is 0 Å². The molecule has 0 radical (unpaired) electrons. The molecular weight excluding hydrogens is 151 g/mol. The summed E-state index contributed by atoms with van der Waals surface area (Å²) in [6.07, 6.45) is 3.05. The fraction of sp³-hybridized carbons (Fsp3) is 1.00. The van der Waals surface area contributed by atoms with Crippen LogP contribution in [-0.2, 0) is 9.47 Å². The number of fused-ring (bicyclic) bond motifs is 1. The second-order valence-corrected chi connectivity index (χ2v) is 4.29. The summed E-state index contributed by atoms with van der Waals surface area (Å²) in [5.74, 6) is 0. The van der Waals surface area contributed by atoms with E-state index in [1.54, 1.807) is 0 Å². The highest BCUT2D eigenvalue weighted by Crippen LogP contribution is 2.47. The van der Waals surface area contributed by atoms with Crippen molar-refractivity contribution in [2.75, 3.05) is 6.61 Å². The predicted octanol–water partition coefficient (Wildman–Crippen LogP) is 0.550. The molecule has 0 aromatic rings. The van der Waals surface area contributed by atoms with Gasteiger partial charge < -0.3 is 9.47 Å². The van der Waals surface area contributed by atoms with Crippen molar-refractivity contribution in [2.24, 2.45) is 5.41 Å². The van der Waals surface area contributed by atoms with E-state index in [4.69, 9.17) is 9.47 Å². The molecule has 3 heteroatoms. The van der Waals surface area contributed by atoms with Gasteiger partial charge in [-0.2, -0.15) is 0 Å². The first-order chi connectivity index (χ1) is 5.68. The molecular formula is C9H17BO2. The summed E-state index contributed by atoms with van der Waals surface area (Å²) in [4.78, 5) is 0. The maximum absolute atomic E-state index is 5.86. The smallest absolute Gasteiger partial charge is 0.142 e. The highest BCUT2D eigenvalue weighted by atomic mass is 16.6. The van der Waals surface area contributed by atoms with Crippen LogP contribution in [0.25, 0.3) is 0 Å². The van der Waals surface area contributed by atoms with Crippen molar-refractivity contribution in [3.8, 4) is 0 Å². The van der Waals surface area contributed by atoms with Crippen LogP contribution in [0.1, 0.15) is 26.7 Å². The minimum absolute atomic E-state index is 0.294. The molecule has 0 aliphatic carbocycles. The SMILES string of the molecule is B[C@@H]1O[C@H](CC)C2(C)CCOC12. The lowest BCUT2D eigenvalue weighted by Crippen LogP contribution is -2.34. The van der Waals surface area contributed by atoms with Crippen LogP contribution in [0.2, 0.25) is 0 Å². The fourth-order valence-electron chi connectivity index (χ4n) is 2.80. The van der Waals surface area contributed by atoms with Gasteiger partial charge in [0.05, 0.1) is 18.2 Å². The Morgan fingerprint density at radius 2 is 2.33 bits per heavy atom. The first-order valence-corrected chi connectivity index (χ1v) is 4.95. The van der Waals surface area contributed by atoms with Gasteiger partial charge in [-0.15, -0.1) is 0 Å². The zero-order valence-electron chi connectivity index (χ0n) is 8.17. The first-order valence-electron chi connectivity index (χ1n) is 4.95. The molecule has 0 aromatic carbocycles. The van der Waals surface area contributed by atoms with Crippen LogP contribution in [0.5, 0.6) is 0 Å². The monoisotopic (exact) mass is 168 g/mol. The minimum atomic E-state index is 0.294. The maximum Gasteiger partial charge on any atom is 0.142 e. The Morgan fingerprint density at radius 1 is 1.58 bits per heavy atom. The van der Waals surface area contributed by atoms with Gasteiger partial charge in [-0.05, 0) is 12.8 Å². The molecule has 2 rings (SSSR count). The first kappa shape index (κ1) is 8.58. The van der Waals surface area contributed by atoms with E-state index in [0.29, 0.717) is 23.6 Å². The van der Waals surface area contributed by atoms with Gasteiger partial charge >= 0.3 is 0 Å². The van der Waals surface area contributed by atoms with Crippen molar-refractivity contribution in [1.29, 1.82) is 0 Å². The standard InChI is InChI=1S/C9H17BO2/c1-3-6-9(2)4-5-11-7(9)8(10)12-6/h6-8H,3-5,10H2,1-2H3/t6-,7?,8-,9?/m1/s1. The Morgan fingerprint density at radius 3 is 3.00 bits per heavy atom. The average Bonchev–Trinajstić information content (AvgIpc) is 2.51. The topological polar surface area (TPSA) is 18.5 Å². The van der Waals surface area contributed by atoms with Crippen molar-refractivity contribution in [2.45, 2.75) is 44.9 Å². The fourth-order valence-corrected chi connectivity index (χ4v) is 2.80. The zero-order valence-corrected chi connectivity index (χ0v) is 8.17. The van der Waals surface area contributed by atoms with Gasteiger partial charge in [-0.1, -0.05) is 13.8 Å². The van der Waals surface area contributed by atoms with Gasteiger partial charge in [-0.25, -0.2) is 0 Å². The minimum Gasteiger partial charge on any atom is -0.381 e. The summed E-state index contributed by atoms with van der Waals surface area (Å²) < 4.78 is 11.6. The summed E-state index contributed by atoms with van der Waals surface area (Å²) >= 11 is 0. The number of rotatable bonds is 1. The van der Waals surface area contributed by atoms with E-state index in [2.05, 4.69) is 21.7 Å². The lowest BCUT2D eigenvalue weighted by atomic mass is 9.75. The van der Waals surface area contributed by atoms with E-state index >= 15 is 0 Å². The highest BCUT2D eigenvalue weighted by molar-refractivity contribution is 6.11. The van der Waals surface area contributed by atoms with Gasteiger partial charge in [0.1, 0.15) is 7.85 Å². The molecule has 0 aromatic heterocycles. The molecule has 0 saturated carbocycles. The van der Waals surface area contributed by atoms with Crippen LogP contribution in [0.3, 0.4) is 0 Å². The van der Waals surface area contributed by atoms with Gasteiger partial charge in [0, 0.05) is 12.0 Å². The Balaban J connectivity index is 2.21. The van der Waals surface area contributed by atoms with Crippen molar-refractivity contribution < 1.29 is 9.47 Å². The molecule has 2 unspecified atom stereocenters. The third-order valence-corrected chi connectivity index (χ3v) is 3.50. The average molecular weight is 168 g/mol.